The number of hydrogen-bond donors (Lipinski definition) is 1. The maximum Gasteiger partial charge on any atom is 0.270 e. The van der Waals surface area contributed by atoms with Crippen molar-refractivity contribution >= 4 is 5.69 Å². The van der Waals surface area contributed by atoms with Gasteiger partial charge in [-0.2, -0.15) is 0 Å². The number of benzene rings is 1. The number of rotatable bonds is 5. The molecule has 100 valence electrons. The summed E-state index contributed by atoms with van der Waals surface area (Å²) in [5.41, 5.74) is 9.19. The molecule has 1 aromatic rings. The summed E-state index contributed by atoms with van der Waals surface area (Å²) >= 11 is 0. The zero-order valence-electron chi connectivity index (χ0n) is 11.6. The van der Waals surface area contributed by atoms with E-state index in [1.54, 1.807) is 12.1 Å². The normalized spacial score (nSPS) is 12.8. The van der Waals surface area contributed by atoms with Crippen molar-refractivity contribution in [1.82, 2.24) is 0 Å². The number of non-ortho nitro benzene ring substituents is 1. The molecule has 0 aliphatic rings. The molecule has 0 heterocycles. The van der Waals surface area contributed by atoms with E-state index in [2.05, 4.69) is 13.8 Å². The summed E-state index contributed by atoms with van der Waals surface area (Å²) in [7, 11) is 0. The van der Waals surface area contributed by atoms with Crippen molar-refractivity contribution < 1.29 is 4.92 Å². The first-order chi connectivity index (χ1) is 8.32. The molecule has 0 aliphatic heterocycles. The lowest BCUT2D eigenvalue weighted by Gasteiger charge is -2.17. The van der Waals surface area contributed by atoms with Crippen LogP contribution in [0.15, 0.2) is 12.1 Å². The highest BCUT2D eigenvalue weighted by molar-refractivity contribution is 5.45. The molecule has 4 nitrogen and oxygen atoms in total. The Morgan fingerprint density at radius 3 is 2.39 bits per heavy atom. The molecule has 0 aliphatic carbocycles. The lowest BCUT2D eigenvalue weighted by molar-refractivity contribution is -0.385. The largest absolute Gasteiger partial charge is 0.324 e. The molecule has 0 bridgehead atoms. The Labute approximate surface area is 108 Å². The van der Waals surface area contributed by atoms with E-state index in [1.807, 2.05) is 13.8 Å². The Balaban J connectivity index is 3.03. The minimum Gasteiger partial charge on any atom is -0.324 e. The Morgan fingerprint density at radius 1 is 1.28 bits per heavy atom. The van der Waals surface area contributed by atoms with Crippen LogP contribution in [0.5, 0.6) is 0 Å². The van der Waals surface area contributed by atoms with Crippen LogP contribution in [-0.4, -0.2) is 4.92 Å². The van der Waals surface area contributed by atoms with E-state index in [9.17, 15) is 10.1 Å². The van der Waals surface area contributed by atoms with Crippen LogP contribution in [0.4, 0.5) is 5.69 Å². The molecular formula is C14H22N2O2. The molecule has 0 aromatic heterocycles. The highest BCUT2D eigenvalue weighted by atomic mass is 16.6. The van der Waals surface area contributed by atoms with Gasteiger partial charge in [0.05, 0.1) is 4.92 Å². The van der Waals surface area contributed by atoms with Crippen LogP contribution in [0.25, 0.3) is 0 Å². The fraction of sp³-hybridized carbons (Fsp3) is 0.571. The molecule has 1 rings (SSSR count). The van der Waals surface area contributed by atoms with Gasteiger partial charge in [0.15, 0.2) is 0 Å². The second-order valence-electron chi connectivity index (χ2n) is 5.31. The number of aryl methyl sites for hydroxylation is 1. The third-order valence-corrected chi connectivity index (χ3v) is 3.36. The summed E-state index contributed by atoms with van der Waals surface area (Å²) in [6.45, 7) is 8.17. The van der Waals surface area contributed by atoms with Gasteiger partial charge in [0, 0.05) is 18.2 Å². The lowest BCUT2D eigenvalue weighted by Crippen LogP contribution is -2.13. The Hall–Kier alpha value is -1.42. The molecule has 0 saturated carbocycles. The molecule has 0 radical (unpaired) electrons. The van der Waals surface area contributed by atoms with Crippen LogP contribution in [0.2, 0.25) is 0 Å². The minimum atomic E-state index is -0.356. The van der Waals surface area contributed by atoms with Crippen molar-refractivity contribution in [1.29, 1.82) is 0 Å². The van der Waals surface area contributed by atoms with Crippen LogP contribution in [-0.2, 0) is 0 Å². The van der Waals surface area contributed by atoms with Gasteiger partial charge in [0.25, 0.3) is 5.69 Å². The SMILES string of the molecule is Cc1cc([N+](=O)[O-])cc(C(N)CCC(C)C)c1C. The summed E-state index contributed by atoms with van der Waals surface area (Å²) in [4.78, 5) is 10.5. The zero-order valence-corrected chi connectivity index (χ0v) is 11.6. The second-order valence-corrected chi connectivity index (χ2v) is 5.31. The van der Waals surface area contributed by atoms with Gasteiger partial charge in [-0.25, -0.2) is 0 Å². The predicted molar refractivity (Wildman–Crippen MR) is 73.6 cm³/mol. The molecule has 1 atom stereocenters. The quantitative estimate of drug-likeness (QED) is 0.640. The summed E-state index contributed by atoms with van der Waals surface area (Å²) in [6.07, 6.45) is 1.89. The van der Waals surface area contributed by atoms with Crippen LogP contribution in [0.3, 0.4) is 0 Å². The van der Waals surface area contributed by atoms with Crippen molar-refractivity contribution in [2.45, 2.75) is 46.6 Å². The molecule has 4 heteroatoms. The lowest BCUT2D eigenvalue weighted by atomic mass is 9.92. The van der Waals surface area contributed by atoms with Gasteiger partial charge in [0.1, 0.15) is 0 Å². The number of nitro groups is 1. The smallest absolute Gasteiger partial charge is 0.270 e. The van der Waals surface area contributed by atoms with E-state index in [0.29, 0.717) is 5.92 Å². The molecule has 0 amide bonds. The first kappa shape index (κ1) is 14.6. The number of hydrogen-bond acceptors (Lipinski definition) is 3. The molecule has 0 fully saturated rings. The van der Waals surface area contributed by atoms with E-state index in [1.165, 1.54) is 0 Å². The maximum absolute atomic E-state index is 10.9. The zero-order chi connectivity index (χ0) is 13.9. The van der Waals surface area contributed by atoms with E-state index in [4.69, 9.17) is 5.73 Å². The van der Waals surface area contributed by atoms with Gasteiger partial charge in [-0.3, -0.25) is 10.1 Å². The van der Waals surface area contributed by atoms with Gasteiger partial charge in [0.2, 0.25) is 0 Å². The van der Waals surface area contributed by atoms with Gasteiger partial charge < -0.3 is 5.73 Å². The average Bonchev–Trinajstić information content (AvgIpc) is 2.29. The van der Waals surface area contributed by atoms with Crippen LogP contribution in [0, 0.1) is 29.9 Å². The van der Waals surface area contributed by atoms with Crippen molar-refractivity contribution in [3.8, 4) is 0 Å². The maximum atomic E-state index is 10.9. The van der Waals surface area contributed by atoms with Crippen molar-refractivity contribution in [2.24, 2.45) is 11.7 Å². The predicted octanol–water partition coefficient (Wildman–Crippen LogP) is 3.65. The van der Waals surface area contributed by atoms with Gasteiger partial charge in [-0.15, -0.1) is 0 Å². The van der Waals surface area contributed by atoms with Crippen molar-refractivity contribution in [3.05, 3.63) is 38.9 Å². The highest BCUT2D eigenvalue weighted by Gasteiger charge is 2.16. The standard InChI is InChI=1S/C14H22N2O2/c1-9(2)5-6-14(15)13-8-12(16(17)18)7-10(3)11(13)4/h7-9,14H,5-6,15H2,1-4H3. The number of nitrogens with zero attached hydrogens (tertiary/aromatic N) is 1. The fourth-order valence-electron chi connectivity index (χ4n) is 2.03. The number of nitrogens with two attached hydrogens (primary N) is 1. The Kier molecular flexibility index (Phi) is 4.84. The monoisotopic (exact) mass is 250 g/mol. The summed E-state index contributed by atoms with van der Waals surface area (Å²) in [5.74, 6) is 0.594. The summed E-state index contributed by atoms with van der Waals surface area (Å²) < 4.78 is 0. The molecule has 18 heavy (non-hydrogen) atoms. The molecule has 0 saturated heterocycles. The minimum absolute atomic E-state index is 0.119. The third kappa shape index (κ3) is 3.53. The van der Waals surface area contributed by atoms with Gasteiger partial charge in [-0.1, -0.05) is 13.8 Å². The number of nitro benzene ring substituents is 1. The topological polar surface area (TPSA) is 69.2 Å². The van der Waals surface area contributed by atoms with E-state index in [-0.39, 0.29) is 16.7 Å². The van der Waals surface area contributed by atoms with Gasteiger partial charge in [-0.05, 0) is 49.3 Å². The Bertz CT molecular complexity index is 442. The van der Waals surface area contributed by atoms with E-state index >= 15 is 0 Å². The van der Waals surface area contributed by atoms with Gasteiger partial charge >= 0.3 is 0 Å². The first-order valence-electron chi connectivity index (χ1n) is 6.34. The van der Waals surface area contributed by atoms with Crippen LogP contribution < -0.4 is 5.73 Å². The molecular weight excluding hydrogens is 228 g/mol. The summed E-state index contributed by atoms with van der Waals surface area (Å²) in [5, 5.41) is 10.9. The van der Waals surface area contributed by atoms with E-state index in [0.717, 1.165) is 29.5 Å². The second kappa shape index (κ2) is 5.96. The molecule has 1 unspecified atom stereocenters. The Morgan fingerprint density at radius 2 is 1.89 bits per heavy atom. The average molecular weight is 250 g/mol. The fourth-order valence-corrected chi connectivity index (χ4v) is 2.03. The first-order valence-corrected chi connectivity index (χ1v) is 6.34. The van der Waals surface area contributed by atoms with Crippen LogP contribution in [0.1, 0.15) is 49.4 Å². The van der Waals surface area contributed by atoms with Crippen molar-refractivity contribution in [3.63, 3.8) is 0 Å². The molecule has 0 spiro atoms. The molecule has 1 aromatic carbocycles. The van der Waals surface area contributed by atoms with E-state index < -0.39 is 0 Å². The molecule has 2 N–H and O–H groups in total. The summed E-state index contributed by atoms with van der Waals surface area (Å²) in [6, 6.07) is 3.10. The van der Waals surface area contributed by atoms with Crippen molar-refractivity contribution in [2.75, 3.05) is 0 Å². The highest BCUT2D eigenvalue weighted by Crippen LogP contribution is 2.28. The van der Waals surface area contributed by atoms with Crippen LogP contribution >= 0.6 is 0 Å². The third-order valence-electron chi connectivity index (χ3n) is 3.36.